The molecule has 4 heteroatoms. The fourth-order valence-corrected chi connectivity index (χ4v) is 3.31. The summed E-state index contributed by atoms with van der Waals surface area (Å²) in [5, 5.41) is 1.02. The quantitative estimate of drug-likeness (QED) is 0.803. The van der Waals surface area contributed by atoms with Crippen LogP contribution in [0.3, 0.4) is 0 Å². The summed E-state index contributed by atoms with van der Waals surface area (Å²) in [6, 6.07) is 9.59. The molecule has 2 amide bonds. The summed E-state index contributed by atoms with van der Waals surface area (Å²) in [6.07, 6.45) is 3.97. The number of hydrogen-bond donors (Lipinski definition) is 0. The normalized spacial score (nSPS) is 29.4. The summed E-state index contributed by atoms with van der Waals surface area (Å²) in [4.78, 5) is 30.2. The van der Waals surface area contributed by atoms with Gasteiger partial charge >= 0.3 is 0 Å². The Morgan fingerprint density at radius 1 is 1.19 bits per heavy atom. The van der Waals surface area contributed by atoms with E-state index in [1.54, 1.807) is 0 Å². The van der Waals surface area contributed by atoms with Crippen molar-refractivity contribution >= 4 is 11.8 Å². The average molecular weight is 287 g/mol. The Morgan fingerprint density at radius 3 is 2.52 bits per heavy atom. The summed E-state index contributed by atoms with van der Waals surface area (Å²) in [5.74, 6) is 0.332. The van der Waals surface area contributed by atoms with Gasteiger partial charge in [-0.2, -0.15) is 5.06 Å². The minimum atomic E-state index is -0.486. The van der Waals surface area contributed by atoms with Crippen molar-refractivity contribution in [1.82, 2.24) is 5.06 Å². The molecule has 2 aliphatic rings. The van der Waals surface area contributed by atoms with E-state index in [1.807, 2.05) is 30.3 Å². The van der Waals surface area contributed by atoms with E-state index in [1.165, 1.54) is 0 Å². The fourth-order valence-electron chi connectivity index (χ4n) is 3.31. The largest absolute Gasteiger partial charge is 0.272 e. The Labute approximate surface area is 125 Å². The zero-order valence-electron chi connectivity index (χ0n) is 12.4. The highest BCUT2D eigenvalue weighted by molar-refractivity contribution is 6.04. The van der Waals surface area contributed by atoms with Crippen molar-refractivity contribution in [2.24, 2.45) is 11.3 Å². The Bertz CT molecular complexity index is 532. The van der Waals surface area contributed by atoms with Crippen LogP contribution in [0.5, 0.6) is 0 Å². The second-order valence-corrected chi connectivity index (χ2v) is 6.39. The molecule has 0 N–H and O–H groups in total. The van der Waals surface area contributed by atoms with Crippen LogP contribution in [0.25, 0.3) is 0 Å². The van der Waals surface area contributed by atoms with Crippen molar-refractivity contribution in [1.29, 1.82) is 0 Å². The molecule has 1 aromatic carbocycles. The first kappa shape index (κ1) is 14.3. The fraction of sp³-hybridized carbons (Fsp3) is 0.529. The summed E-state index contributed by atoms with van der Waals surface area (Å²) < 4.78 is 0. The highest BCUT2D eigenvalue weighted by Gasteiger charge is 2.53. The van der Waals surface area contributed by atoms with E-state index in [-0.39, 0.29) is 18.4 Å². The van der Waals surface area contributed by atoms with Crippen LogP contribution in [0.2, 0.25) is 0 Å². The van der Waals surface area contributed by atoms with Gasteiger partial charge in [-0.25, -0.2) is 0 Å². The van der Waals surface area contributed by atoms with Crippen LogP contribution >= 0.6 is 0 Å². The van der Waals surface area contributed by atoms with Crippen LogP contribution in [-0.2, 0) is 21.0 Å². The molecule has 0 atom stereocenters. The summed E-state index contributed by atoms with van der Waals surface area (Å²) in [7, 11) is 0. The molecule has 4 nitrogen and oxygen atoms in total. The predicted octanol–water partition coefficient (Wildman–Crippen LogP) is 3.07. The molecule has 1 aliphatic carbocycles. The van der Waals surface area contributed by atoms with Crippen LogP contribution in [-0.4, -0.2) is 16.9 Å². The standard InChI is InChI=1S/C17H21NO3/c1-13-7-9-17(10-8-13)11-15(19)18(16(17)20)21-12-14-5-3-2-4-6-14/h2-6,13H,7-12H2,1H3. The van der Waals surface area contributed by atoms with Gasteiger partial charge in [-0.15, -0.1) is 0 Å². The van der Waals surface area contributed by atoms with E-state index in [9.17, 15) is 9.59 Å². The summed E-state index contributed by atoms with van der Waals surface area (Å²) >= 11 is 0. The SMILES string of the molecule is CC1CCC2(CC1)CC(=O)N(OCc1ccccc1)C2=O. The van der Waals surface area contributed by atoms with Crippen molar-refractivity contribution in [3.63, 3.8) is 0 Å². The van der Waals surface area contributed by atoms with Crippen molar-refractivity contribution in [2.45, 2.75) is 45.6 Å². The topological polar surface area (TPSA) is 46.6 Å². The maximum atomic E-state index is 12.6. The number of imide groups is 1. The summed E-state index contributed by atoms with van der Waals surface area (Å²) in [5.41, 5.74) is 0.469. The van der Waals surface area contributed by atoms with Crippen LogP contribution in [0, 0.1) is 11.3 Å². The zero-order valence-corrected chi connectivity index (χ0v) is 12.4. The van der Waals surface area contributed by atoms with Crippen molar-refractivity contribution in [2.75, 3.05) is 0 Å². The molecule has 3 rings (SSSR count). The number of carbonyl (C=O) groups excluding carboxylic acids is 2. The molecule has 1 heterocycles. The molecule has 112 valence electrons. The maximum Gasteiger partial charge on any atom is 0.260 e. The maximum absolute atomic E-state index is 12.6. The molecule has 0 radical (unpaired) electrons. The molecule has 0 unspecified atom stereocenters. The van der Waals surface area contributed by atoms with Crippen LogP contribution < -0.4 is 0 Å². The van der Waals surface area contributed by atoms with E-state index in [0.717, 1.165) is 36.3 Å². The van der Waals surface area contributed by atoms with Gasteiger partial charge < -0.3 is 0 Å². The smallest absolute Gasteiger partial charge is 0.260 e. The lowest BCUT2D eigenvalue weighted by atomic mass is 9.70. The van der Waals surface area contributed by atoms with Gasteiger partial charge in [0.2, 0.25) is 0 Å². The van der Waals surface area contributed by atoms with Gasteiger partial charge in [0.15, 0.2) is 0 Å². The van der Waals surface area contributed by atoms with Gasteiger partial charge in [-0.3, -0.25) is 14.4 Å². The second kappa shape index (κ2) is 5.60. The first-order valence-electron chi connectivity index (χ1n) is 7.65. The minimum absolute atomic E-state index is 0.129. The van der Waals surface area contributed by atoms with Gasteiger partial charge in [0.25, 0.3) is 11.8 Å². The first-order valence-corrected chi connectivity index (χ1v) is 7.65. The molecule has 1 aromatic rings. The van der Waals surface area contributed by atoms with Crippen LogP contribution in [0.15, 0.2) is 30.3 Å². The van der Waals surface area contributed by atoms with Gasteiger partial charge in [-0.05, 0) is 37.2 Å². The number of hydrogen-bond acceptors (Lipinski definition) is 3. The molecule has 1 spiro atoms. The van der Waals surface area contributed by atoms with E-state index in [4.69, 9.17) is 4.84 Å². The van der Waals surface area contributed by atoms with E-state index >= 15 is 0 Å². The Hall–Kier alpha value is -1.68. The van der Waals surface area contributed by atoms with Crippen LogP contribution in [0.1, 0.15) is 44.6 Å². The van der Waals surface area contributed by atoms with Crippen molar-refractivity contribution < 1.29 is 14.4 Å². The highest BCUT2D eigenvalue weighted by atomic mass is 16.7. The first-order chi connectivity index (χ1) is 10.1. The lowest BCUT2D eigenvalue weighted by Gasteiger charge is -2.33. The van der Waals surface area contributed by atoms with Crippen LogP contribution in [0.4, 0.5) is 0 Å². The lowest BCUT2D eigenvalue weighted by Crippen LogP contribution is -2.37. The van der Waals surface area contributed by atoms with Gasteiger partial charge in [0, 0.05) is 6.42 Å². The molecule has 1 aliphatic heterocycles. The molecule has 0 aromatic heterocycles. The van der Waals surface area contributed by atoms with Crippen molar-refractivity contribution in [3.8, 4) is 0 Å². The monoisotopic (exact) mass is 287 g/mol. The van der Waals surface area contributed by atoms with Gasteiger partial charge in [0.05, 0.1) is 5.41 Å². The van der Waals surface area contributed by atoms with E-state index in [2.05, 4.69) is 6.92 Å². The Morgan fingerprint density at radius 2 is 1.86 bits per heavy atom. The predicted molar refractivity (Wildman–Crippen MR) is 77.8 cm³/mol. The molecule has 2 fully saturated rings. The Kier molecular flexibility index (Phi) is 3.81. The number of rotatable bonds is 3. The van der Waals surface area contributed by atoms with Gasteiger partial charge in [-0.1, -0.05) is 37.3 Å². The molecule has 1 saturated carbocycles. The number of benzene rings is 1. The molecular formula is C17H21NO3. The number of nitrogens with zero attached hydrogens (tertiary/aromatic N) is 1. The minimum Gasteiger partial charge on any atom is -0.272 e. The number of hydroxylamine groups is 2. The molecule has 0 bridgehead atoms. The molecular weight excluding hydrogens is 266 g/mol. The molecule has 1 saturated heterocycles. The number of amides is 2. The number of carbonyl (C=O) groups is 2. The van der Waals surface area contributed by atoms with E-state index in [0.29, 0.717) is 12.3 Å². The third kappa shape index (κ3) is 2.72. The van der Waals surface area contributed by atoms with Gasteiger partial charge in [0.1, 0.15) is 6.61 Å². The average Bonchev–Trinajstić information content (AvgIpc) is 2.73. The van der Waals surface area contributed by atoms with Crippen molar-refractivity contribution in [3.05, 3.63) is 35.9 Å². The Balaban J connectivity index is 1.67. The lowest BCUT2D eigenvalue weighted by molar-refractivity contribution is -0.194. The van der Waals surface area contributed by atoms with E-state index < -0.39 is 5.41 Å². The molecule has 21 heavy (non-hydrogen) atoms. The third-order valence-corrected chi connectivity index (χ3v) is 4.79. The second-order valence-electron chi connectivity index (χ2n) is 6.39. The highest BCUT2D eigenvalue weighted by Crippen LogP contribution is 2.46. The zero-order chi connectivity index (χ0) is 14.9. The summed E-state index contributed by atoms with van der Waals surface area (Å²) in [6.45, 7) is 2.46. The third-order valence-electron chi connectivity index (χ3n) is 4.79.